The zero-order valence-corrected chi connectivity index (χ0v) is 22.8. The minimum atomic E-state index is -0.209. The van der Waals surface area contributed by atoms with Crippen LogP contribution < -0.4 is 19.1 Å². The first kappa shape index (κ1) is 26.4. The SMILES string of the molecule is CCOc1cc(C(=O)N(Cc2cccnc2)c2nc3c(C(C)C)cccc3s2)cc(OCC)c1OCC. The van der Waals surface area contributed by atoms with Crippen LogP contribution in [0.2, 0.25) is 0 Å². The summed E-state index contributed by atoms with van der Waals surface area (Å²) in [5, 5.41) is 0.627. The molecule has 8 heteroatoms. The highest BCUT2D eigenvalue weighted by Crippen LogP contribution is 2.40. The van der Waals surface area contributed by atoms with Gasteiger partial charge in [-0.15, -0.1) is 0 Å². The lowest BCUT2D eigenvalue weighted by Crippen LogP contribution is -2.30. The Morgan fingerprint density at radius 1 is 0.973 bits per heavy atom. The molecular formula is C29H33N3O4S. The lowest BCUT2D eigenvalue weighted by molar-refractivity contribution is 0.0984. The van der Waals surface area contributed by atoms with Gasteiger partial charge >= 0.3 is 0 Å². The average Bonchev–Trinajstić information content (AvgIpc) is 3.33. The number of ether oxygens (including phenoxy) is 3. The molecule has 2 aromatic heterocycles. The molecule has 0 aliphatic carbocycles. The molecule has 0 aliphatic heterocycles. The van der Waals surface area contributed by atoms with Crippen molar-refractivity contribution < 1.29 is 19.0 Å². The van der Waals surface area contributed by atoms with Crippen molar-refractivity contribution >= 4 is 32.6 Å². The molecule has 37 heavy (non-hydrogen) atoms. The molecule has 4 aromatic rings. The van der Waals surface area contributed by atoms with Crippen LogP contribution >= 0.6 is 11.3 Å². The topological polar surface area (TPSA) is 73.8 Å². The van der Waals surface area contributed by atoms with E-state index < -0.39 is 0 Å². The van der Waals surface area contributed by atoms with E-state index in [4.69, 9.17) is 19.2 Å². The molecule has 0 aliphatic rings. The number of fused-ring (bicyclic) bond motifs is 1. The Hall–Kier alpha value is -3.65. The Kier molecular flexibility index (Phi) is 8.61. The summed E-state index contributed by atoms with van der Waals surface area (Å²) in [6.45, 7) is 11.6. The summed E-state index contributed by atoms with van der Waals surface area (Å²) in [4.78, 5) is 25.0. The summed E-state index contributed by atoms with van der Waals surface area (Å²) in [7, 11) is 0. The van der Waals surface area contributed by atoms with Gasteiger partial charge in [-0.1, -0.05) is 43.4 Å². The number of carbonyl (C=O) groups excluding carboxylic acids is 1. The number of nitrogens with zero attached hydrogens (tertiary/aromatic N) is 3. The molecule has 0 unspecified atom stereocenters. The minimum Gasteiger partial charge on any atom is -0.490 e. The van der Waals surface area contributed by atoms with Gasteiger partial charge < -0.3 is 14.2 Å². The summed E-state index contributed by atoms with van der Waals surface area (Å²) in [6, 6.07) is 13.5. The maximum Gasteiger partial charge on any atom is 0.260 e. The second-order valence-electron chi connectivity index (χ2n) is 8.70. The molecule has 2 aromatic carbocycles. The maximum atomic E-state index is 14.1. The average molecular weight is 520 g/mol. The van der Waals surface area contributed by atoms with Crippen LogP contribution in [-0.2, 0) is 6.54 Å². The van der Waals surface area contributed by atoms with Gasteiger partial charge in [0.05, 0.1) is 36.6 Å². The summed E-state index contributed by atoms with van der Waals surface area (Å²) in [5.41, 5.74) is 3.42. The van der Waals surface area contributed by atoms with E-state index in [0.29, 0.717) is 60.2 Å². The molecule has 0 radical (unpaired) electrons. The number of pyridine rings is 1. The normalized spacial score (nSPS) is 11.1. The largest absolute Gasteiger partial charge is 0.490 e. The molecule has 0 spiro atoms. The van der Waals surface area contributed by atoms with Gasteiger partial charge in [-0.3, -0.25) is 14.7 Å². The molecule has 7 nitrogen and oxygen atoms in total. The van der Waals surface area contributed by atoms with Crippen molar-refractivity contribution in [2.45, 2.75) is 47.1 Å². The van der Waals surface area contributed by atoms with E-state index in [9.17, 15) is 4.79 Å². The van der Waals surface area contributed by atoms with Crippen LogP contribution in [0, 0.1) is 0 Å². The van der Waals surface area contributed by atoms with Crippen molar-refractivity contribution in [2.75, 3.05) is 24.7 Å². The van der Waals surface area contributed by atoms with Gasteiger partial charge in [-0.25, -0.2) is 4.98 Å². The molecular weight excluding hydrogens is 486 g/mol. The van der Waals surface area contributed by atoms with Crippen LogP contribution in [0.5, 0.6) is 17.2 Å². The lowest BCUT2D eigenvalue weighted by Gasteiger charge is -2.22. The Morgan fingerprint density at radius 2 is 1.68 bits per heavy atom. The molecule has 0 fully saturated rings. The van der Waals surface area contributed by atoms with Crippen molar-refractivity contribution in [3.63, 3.8) is 0 Å². The van der Waals surface area contributed by atoms with E-state index in [0.717, 1.165) is 21.3 Å². The monoisotopic (exact) mass is 519 g/mol. The number of rotatable bonds is 11. The van der Waals surface area contributed by atoms with Gasteiger partial charge in [0.25, 0.3) is 5.91 Å². The first-order valence-corrected chi connectivity index (χ1v) is 13.4. The van der Waals surface area contributed by atoms with E-state index in [-0.39, 0.29) is 5.91 Å². The highest BCUT2D eigenvalue weighted by molar-refractivity contribution is 7.22. The fourth-order valence-corrected chi connectivity index (χ4v) is 5.11. The number of anilines is 1. The predicted octanol–water partition coefficient (Wildman–Crippen LogP) is 6.86. The number of aromatic nitrogens is 2. The minimum absolute atomic E-state index is 0.209. The summed E-state index contributed by atoms with van der Waals surface area (Å²) >= 11 is 1.51. The molecule has 0 bridgehead atoms. The molecule has 2 heterocycles. The van der Waals surface area contributed by atoms with Crippen LogP contribution in [0.25, 0.3) is 10.2 Å². The van der Waals surface area contributed by atoms with Crippen LogP contribution in [0.3, 0.4) is 0 Å². The molecule has 0 saturated carbocycles. The fourth-order valence-electron chi connectivity index (χ4n) is 4.11. The third-order valence-electron chi connectivity index (χ3n) is 5.76. The van der Waals surface area contributed by atoms with Gasteiger partial charge in [-0.2, -0.15) is 0 Å². The van der Waals surface area contributed by atoms with E-state index >= 15 is 0 Å². The Balaban J connectivity index is 1.84. The predicted molar refractivity (Wildman–Crippen MR) is 148 cm³/mol. The van der Waals surface area contributed by atoms with E-state index in [1.54, 1.807) is 29.4 Å². The van der Waals surface area contributed by atoms with Crippen molar-refractivity contribution in [2.24, 2.45) is 0 Å². The van der Waals surface area contributed by atoms with Crippen molar-refractivity contribution in [1.82, 2.24) is 9.97 Å². The van der Waals surface area contributed by atoms with Crippen LogP contribution in [0.15, 0.2) is 54.9 Å². The lowest BCUT2D eigenvalue weighted by atomic mass is 10.0. The highest BCUT2D eigenvalue weighted by Gasteiger charge is 2.26. The first-order chi connectivity index (χ1) is 18.0. The van der Waals surface area contributed by atoms with Gasteiger partial charge in [0, 0.05) is 18.0 Å². The van der Waals surface area contributed by atoms with Crippen LogP contribution in [0.4, 0.5) is 5.13 Å². The van der Waals surface area contributed by atoms with Crippen LogP contribution in [-0.4, -0.2) is 35.7 Å². The van der Waals surface area contributed by atoms with Gasteiger partial charge in [0.15, 0.2) is 16.6 Å². The number of benzene rings is 2. The fraction of sp³-hybridized carbons (Fsp3) is 0.345. The zero-order chi connectivity index (χ0) is 26.4. The molecule has 4 rings (SSSR count). The zero-order valence-electron chi connectivity index (χ0n) is 22.0. The van der Waals surface area contributed by atoms with Crippen molar-refractivity contribution in [3.8, 4) is 17.2 Å². The smallest absolute Gasteiger partial charge is 0.260 e. The quantitative estimate of drug-likeness (QED) is 0.216. The second kappa shape index (κ2) is 12.1. The van der Waals surface area contributed by atoms with E-state index in [1.165, 1.54) is 11.3 Å². The third kappa shape index (κ3) is 5.85. The molecule has 194 valence electrons. The number of carbonyl (C=O) groups is 1. The molecule has 0 atom stereocenters. The number of para-hydroxylation sites is 1. The molecule has 0 saturated heterocycles. The van der Waals surface area contributed by atoms with E-state index in [1.807, 2.05) is 45.0 Å². The summed E-state index contributed by atoms with van der Waals surface area (Å²) in [5.74, 6) is 1.56. The van der Waals surface area contributed by atoms with Gasteiger partial charge in [0.1, 0.15) is 0 Å². The standard InChI is InChI=1S/C29H33N3O4S/c1-6-34-23-15-21(16-24(35-7-2)27(23)36-8-3)28(33)32(18-20-11-10-14-30-17-20)29-31-26-22(19(4)5)12-9-13-25(26)37-29/h9-17,19H,6-8,18H2,1-5H3. The first-order valence-electron chi connectivity index (χ1n) is 12.6. The Morgan fingerprint density at radius 3 is 2.27 bits per heavy atom. The maximum absolute atomic E-state index is 14.1. The Labute approximate surface area is 222 Å². The third-order valence-corrected chi connectivity index (χ3v) is 6.80. The second-order valence-corrected chi connectivity index (χ2v) is 9.71. The number of amides is 1. The van der Waals surface area contributed by atoms with Gasteiger partial charge in [0.2, 0.25) is 5.75 Å². The summed E-state index contributed by atoms with van der Waals surface area (Å²) < 4.78 is 18.6. The van der Waals surface area contributed by atoms with Gasteiger partial charge in [-0.05, 0) is 62.1 Å². The van der Waals surface area contributed by atoms with Crippen LogP contribution in [0.1, 0.15) is 62.0 Å². The van der Waals surface area contributed by atoms with Crippen molar-refractivity contribution in [3.05, 3.63) is 71.5 Å². The number of hydrogen-bond acceptors (Lipinski definition) is 7. The highest BCUT2D eigenvalue weighted by atomic mass is 32.1. The summed E-state index contributed by atoms with van der Waals surface area (Å²) in [6.07, 6.45) is 3.49. The number of thiazole rings is 1. The van der Waals surface area contributed by atoms with E-state index in [2.05, 4.69) is 24.9 Å². The Bertz CT molecular complexity index is 1330. The number of hydrogen-bond donors (Lipinski definition) is 0. The molecule has 1 amide bonds. The van der Waals surface area contributed by atoms with Crippen molar-refractivity contribution in [1.29, 1.82) is 0 Å². The molecule has 0 N–H and O–H groups in total.